The van der Waals surface area contributed by atoms with E-state index in [4.69, 9.17) is 17.3 Å². The van der Waals surface area contributed by atoms with Crippen molar-refractivity contribution in [3.8, 4) is 0 Å². The van der Waals surface area contributed by atoms with Crippen molar-refractivity contribution >= 4 is 33.2 Å². The van der Waals surface area contributed by atoms with Crippen molar-refractivity contribution in [2.75, 3.05) is 0 Å². The molecule has 0 radical (unpaired) electrons. The van der Waals surface area contributed by atoms with E-state index >= 15 is 0 Å². The summed E-state index contributed by atoms with van der Waals surface area (Å²) in [5, 5.41) is 1.65. The summed E-state index contributed by atoms with van der Waals surface area (Å²) >= 11 is 7.49. The minimum Gasteiger partial charge on any atom is -0.320 e. The molecule has 0 amide bonds. The predicted octanol–water partition coefficient (Wildman–Crippen LogP) is 3.14. The number of nitrogens with zero attached hydrogens (tertiary/aromatic N) is 1. The molecule has 0 aliphatic carbocycles. The third-order valence-corrected chi connectivity index (χ3v) is 3.51. The van der Waals surface area contributed by atoms with Gasteiger partial charge in [-0.3, -0.25) is 0 Å². The highest BCUT2D eigenvalue weighted by Crippen LogP contribution is 2.29. The summed E-state index contributed by atoms with van der Waals surface area (Å²) in [6.07, 6.45) is 0. The summed E-state index contributed by atoms with van der Waals surface area (Å²) in [5.41, 5.74) is 6.52. The molecule has 0 aliphatic rings. The Bertz CT molecular complexity index is 470. The van der Waals surface area contributed by atoms with E-state index in [0.717, 1.165) is 15.2 Å². The molecular weight excluding hydrogens is 216 g/mol. The van der Waals surface area contributed by atoms with Gasteiger partial charge in [0.05, 0.1) is 15.8 Å². The van der Waals surface area contributed by atoms with Crippen molar-refractivity contribution in [1.29, 1.82) is 0 Å². The van der Waals surface area contributed by atoms with E-state index in [0.29, 0.717) is 5.02 Å². The van der Waals surface area contributed by atoms with Gasteiger partial charge in [0.15, 0.2) is 0 Å². The first kappa shape index (κ1) is 9.90. The summed E-state index contributed by atoms with van der Waals surface area (Å²) in [6.45, 7) is 3.90. The molecule has 4 heteroatoms. The molecule has 2 rings (SSSR count). The van der Waals surface area contributed by atoms with Gasteiger partial charge in [-0.2, -0.15) is 0 Å². The number of hydrogen-bond acceptors (Lipinski definition) is 3. The van der Waals surface area contributed by atoms with Gasteiger partial charge in [0, 0.05) is 5.02 Å². The van der Waals surface area contributed by atoms with Crippen LogP contribution in [-0.4, -0.2) is 4.98 Å². The van der Waals surface area contributed by atoms with Crippen molar-refractivity contribution in [2.24, 2.45) is 5.73 Å². The number of aromatic nitrogens is 1. The van der Waals surface area contributed by atoms with Crippen LogP contribution in [0.15, 0.2) is 18.2 Å². The molecule has 14 heavy (non-hydrogen) atoms. The van der Waals surface area contributed by atoms with E-state index in [1.807, 2.05) is 32.0 Å². The zero-order valence-corrected chi connectivity index (χ0v) is 9.62. The summed E-state index contributed by atoms with van der Waals surface area (Å²) in [4.78, 5) is 4.45. The Balaban J connectivity index is 2.63. The average Bonchev–Trinajstić information content (AvgIpc) is 2.45. The van der Waals surface area contributed by atoms with E-state index in [-0.39, 0.29) is 5.54 Å². The van der Waals surface area contributed by atoms with Crippen molar-refractivity contribution in [3.05, 3.63) is 28.2 Å². The smallest absolute Gasteiger partial charge is 0.113 e. The maximum Gasteiger partial charge on any atom is 0.113 e. The van der Waals surface area contributed by atoms with Crippen LogP contribution >= 0.6 is 22.9 Å². The van der Waals surface area contributed by atoms with E-state index in [1.54, 1.807) is 11.3 Å². The van der Waals surface area contributed by atoms with Gasteiger partial charge in [-0.05, 0) is 32.0 Å². The fourth-order valence-electron chi connectivity index (χ4n) is 1.18. The number of nitrogens with two attached hydrogens (primary N) is 1. The number of hydrogen-bond donors (Lipinski definition) is 1. The maximum absolute atomic E-state index is 5.97. The van der Waals surface area contributed by atoms with Gasteiger partial charge in [-0.15, -0.1) is 11.3 Å². The molecule has 0 unspecified atom stereocenters. The predicted molar refractivity (Wildman–Crippen MR) is 61.8 cm³/mol. The van der Waals surface area contributed by atoms with Crippen LogP contribution in [0.25, 0.3) is 10.2 Å². The summed E-state index contributed by atoms with van der Waals surface area (Å²) in [6, 6.07) is 5.71. The minimum atomic E-state index is -0.379. The number of thiazole rings is 1. The van der Waals surface area contributed by atoms with Crippen LogP contribution < -0.4 is 5.73 Å². The second-order valence-electron chi connectivity index (χ2n) is 3.85. The Labute approximate surface area is 91.7 Å². The Hall–Kier alpha value is -0.640. The van der Waals surface area contributed by atoms with Gasteiger partial charge in [-0.25, -0.2) is 4.98 Å². The summed E-state index contributed by atoms with van der Waals surface area (Å²) in [5.74, 6) is 0. The molecule has 2 N–H and O–H groups in total. The molecule has 2 aromatic rings. The molecular formula is C10H11ClN2S. The summed E-state index contributed by atoms with van der Waals surface area (Å²) in [7, 11) is 0. The molecule has 0 saturated carbocycles. The first-order valence-electron chi connectivity index (χ1n) is 4.32. The lowest BCUT2D eigenvalue weighted by molar-refractivity contribution is 0.551. The Morgan fingerprint density at radius 3 is 2.79 bits per heavy atom. The standard InChI is InChI=1S/C10H11ClN2S/c1-10(2,12)9-13-7-5-6(11)3-4-8(7)14-9/h3-5H,12H2,1-2H3. The molecule has 0 spiro atoms. The quantitative estimate of drug-likeness (QED) is 0.812. The molecule has 0 bridgehead atoms. The third-order valence-electron chi connectivity index (χ3n) is 1.90. The van der Waals surface area contributed by atoms with Crippen molar-refractivity contribution in [2.45, 2.75) is 19.4 Å². The van der Waals surface area contributed by atoms with E-state index in [9.17, 15) is 0 Å². The minimum absolute atomic E-state index is 0.379. The van der Waals surface area contributed by atoms with E-state index in [1.165, 1.54) is 0 Å². The lowest BCUT2D eigenvalue weighted by atomic mass is 10.1. The number of benzene rings is 1. The van der Waals surface area contributed by atoms with Crippen LogP contribution in [0.1, 0.15) is 18.9 Å². The first-order chi connectivity index (χ1) is 6.47. The highest BCUT2D eigenvalue weighted by atomic mass is 35.5. The number of halogens is 1. The van der Waals surface area contributed by atoms with Crippen molar-refractivity contribution in [1.82, 2.24) is 4.98 Å². The SMILES string of the molecule is CC(C)(N)c1nc2cc(Cl)ccc2s1. The van der Waals surface area contributed by atoms with Crippen LogP contribution in [-0.2, 0) is 5.54 Å². The second-order valence-corrected chi connectivity index (χ2v) is 5.32. The van der Waals surface area contributed by atoms with Crippen LogP contribution in [0, 0.1) is 0 Å². The van der Waals surface area contributed by atoms with Gasteiger partial charge < -0.3 is 5.73 Å². The van der Waals surface area contributed by atoms with Crippen LogP contribution in [0.2, 0.25) is 5.02 Å². The zero-order chi connectivity index (χ0) is 10.3. The molecule has 1 aromatic carbocycles. The lowest BCUT2D eigenvalue weighted by Crippen LogP contribution is -2.28. The van der Waals surface area contributed by atoms with Crippen molar-refractivity contribution in [3.63, 3.8) is 0 Å². The van der Waals surface area contributed by atoms with Gasteiger partial charge in [-0.1, -0.05) is 11.6 Å². The van der Waals surface area contributed by atoms with E-state index in [2.05, 4.69) is 4.98 Å². The van der Waals surface area contributed by atoms with Crippen molar-refractivity contribution < 1.29 is 0 Å². The molecule has 74 valence electrons. The highest BCUT2D eigenvalue weighted by Gasteiger charge is 2.18. The normalized spacial score (nSPS) is 12.3. The number of fused-ring (bicyclic) bond motifs is 1. The Kier molecular flexibility index (Phi) is 2.26. The highest BCUT2D eigenvalue weighted by molar-refractivity contribution is 7.18. The first-order valence-corrected chi connectivity index (χ1v) is 5.52. The monoisotopic (exact) mass is 226 g/mol. The summed E-state index contributed by atoms with van der Waals surface area (Å²) < 4.78 is 1.13. The van der Waals surface area contributed by atoms with Crippen LogP contribution in [0.4, 0.5) is 0 Å². The lowest BCUT2D eigenvalue weighted by Gasteiger charge is -2.13. The largest absolute Gasteiger partial charge is 0.320 e. The topological polar surface area (TPSA) is 38.9 Å². The fourth-order valence-corrected chi connectivity index (χ4v) is 2.30. The van der Waals surface area contributed by atoms with Crippen LogP contribution in [0.3, 0.4) is 0 Å². The molecule has 0 saturated heterocycles. The molecule has 1 heterocycles. The van der Waals surface area contributed by atoms with Gasteiger partial charge in [0.1, 0.15) is 5.01 Å². The molecule has 2 nitrogen and oxygen atoms in total. The molecule has 0 aliphatic heterocycles. The maximum atomic E-state index is 5.97. The molecule has 0 fully saturated rings. The van der Waals surface area contributed by atoms with Gasteiger partial charge in [0.25, 0.3) is 0 Å². The molecule has 1 aromatic heterocycles. The van der Waals surface area contributed by atoms with Gasteiger partial charge >= 0.3 is 0 Å². The van der Waals surface area contributed by atoms with Gasteiger partial charge in [0.2, 0.25) is 0 Å². The molecule has 0 atom stereocenters. The van der Waals surface area contributed by atoms with Crippen LogP contribution in [0.5, 0.6) is 0 Å². The Morgan fingerprint density at radius 2 is 2.14 bits per heavy atom. The fraction of sp³-hybridized carbons (Fsp3) is 0.300. The average molecular weight is 227 g/mol. The van der Waals surface area contributed by atoms with E-state index < -0.39 is 0 Å². The zero-order valence-electron chi connectivity index (χ0n) is 8.04. The second kappa shape index (κ2) is 3.19. The Morgan fingerprint density at radius 1 is 1.43 bits per heavy atom. The number of rotatable bonds is 1. The third kappa shape index (κ3) is 1.75.